The summed E-state index contributed by atoms with van der Waals surface area (Å²) in [6.45, 7) is 1.40. The third kappa shape index (κ3) is 5.16. The molecule has 0 spiro atoms. The SMILES string of the molecule is O=Nc1c(NC2CCOCC2)nc(SCc2ccccc2)nc1-c1ccccc1I. The Morgan fingerprint density at radius 2 is 1.80 bits per heavy atom. The first kappa shape index (κ1) is 21.2. The van der Waals surface area contributed by atoms with Gasteiger partial charge >= 0.3 is 0 Å². The maximum atomic E-state index is 11.9. The third-order valence-electron chi connectivity index (χ3n) is 4.86. The average Bonchev–Trinajstić information content (AvgIpc) is 2.79. The van der Waals surface area contributed by atoms with Gasteiger partial charge in [0.1, 0.15) is 5.69 Å². The molecule has 0 saturated carbocycles. The lowest BCUT2D eigenvalue weighted by atomic mass is 10.1. The van der Waals surface area contributed by atoms with Crippen molar-refractivity contribution in [3.63, 3.8) is 0 Å². The van der Waals surface area contributed by atoms with E-state index in [0.29, 0.717) is 29.9 Å². The first-order valence-electron chi connectivity index (χ1n) is 9.76. The average molecular weight is 532 g/mol. The number of hydrogen-bond acceptors (Lipinski definition) is 7. The number of nitrogens with one attached hydrogen (secondary N) is 1. The summed E-state index contributed by atoms with van der Waals surface area (Å²) in [7, 11) is 0. The highest BCUT2D eigenvalue weighted by molar-refractivity contribution is 14.1. The minimum absolute atomic E-state index is 0.198. The fourth-order valence-electron chi connectivity index (χ4n) is 3.28. The number of halogens is 1. The van der Waals surface area contributed by atoms with E-state index in [0.717, 1.165) is 27.7 Å². The van der Waals surface area contributed by atoms with Gasteiger partial charge in [0.15, 0.2) is 16.7 Å². The predicted molar refractivity (Wildman–Crippen MR) is 129 cm³/mol. The van der Waals surface area contributed by atoms with Gasteiger partial charge in [-0.2, -0.15) is 0 Å². The molecule has 0 unspecified atom stereocenters. The second-order valence-electron chi connectivity index (χ2n) is 6.93. The Labute approximate surface area is 193 Å². The molecule has 154 valence electrons. The lowest BCUT2D eigenvalue weighted by Gasteiger charge is -2.24. The van der Waals surface area contributed by atoms with Crippen LogP contribution in [0, 0.1) is 8.48 Å². The number of thioether (sulfide) groups is 1. The Morgan fingerprint density at radius 3 is 2.53 bits per heavy atom. The van der Waals surface area contributed by atoms with Gasteiger partial charge in [-0.15, -0.1) is 4.91 Å². The lowest BCUT2D eigenvalue weighted by molar-refractivity contribution is 0.0904. The van der Waals surface area contributed by atoms with Gasteiger partial charge in [-0.05, 0) is 52.2 Å². The minimum atomic E-state index is 0.198. The van der Waals surface area contributed by atoms with Crippen LogP contribution in [0.25, 0.3) is 11.3 Å². The van der Waals surface area contributed by atoms with E-state index in [2.05, 4.69) is 50.2 Å². The number of hydrogen-bond donors (Lipinski definition) is 1. The van der Waals surface area contributed by atoms with E-state index in [4.69, 9.17) is 9.72 Å². The van der Waals surface area contributed by atoms with Gasteiger partial charge in [0, 0.05) is 34.1 Å². The smallest absolute Gasteiger partial charge is 0.190 e. The molecule has 0 amide bonds. The van der Waals surface area contributed by atoms with Crippen LogP contribution in [-0.4, -0.2) is 29.2 Å². The summed E-state index contributed by atoms with van der Waals surface area (Å²) in [5.74, 6) is 1.24. The third-order valence-corrected chi connectivity index (χ3v) is 6.72. The second-order valence-corrected chi connectivity index (χ2v) is 9.03. The van der Waals surface area contributed by atoms with Crippen LogP contribution in [0.15, 0.2) is 64.9 Å². The molecule has 3 aromatic rings. The molecule has 1 N–H and O–H groups in total. The van der Waals surface area contributed by atoms with E-state index in [9.17, 15) is 4.91 Å². The van der Waals surface area contributed by atoms with Gasteiger partial charge in [-0.1, -0.05) is 60.3 Å². The monoisotopic (exact) mass is 532 g/mol. The zero-order valence-electron chi connectivity index (χ0n) is 16.3. The molecule has 2 aromatic carbocycles. The van der Waals surface area contributed by atoms with Crippen molar-refractivity contribution < 1.29 is 4.74 Å². The van der Waals surface area contributed by atoms with E-state index in [1.807, 2.05) is 42.5 Å². The van der Waals surface area contributed by atoms with Crippen molar-refractivity contribution in [3.8, 4) is 11.3 Å². The molecule has 1 fully saturated rings. The summed E-state index contributed by atoms with van der Waals surface area (Å²) >= 11 is 3.81. The number of benzene rings is 2. The molecule has 0 atom stereocenters. The summed E-state index contributed by atoms with van der Waals surface area (Å²) in [6.07, 6.45) is 1.74. The highest BCUT2D eigenvalue weighted by Crippen LogP contribution is 2.38. The highest BCUT2D eigenvalue weighted by Gasteiger charge is 2.22. The molecule has 0 aliphatic carbocycles. The molecule has 6 nitrogen and oxygen atoms in total. The number of anilines is 1. The van der Waals surface area contributed by atoms with E-state index >= 15 is 0 Å². The van der Waals surface area contributed by atoms with Crippen molar-refractivity contribution >= 4 is 45.9 Å². The molecular formula is C22H21IN4O2S. The van der Waals surface area contributed by atoms with Crippen molar-refractivity contribution in [1.82, 2.24) is 9.97 Å². The fourth-order valence-corrected chi connectivity index (χ4v) is 4.73. The van der Waals surface area contributed by atoms with Crippen molar-refractivity contribution in [2.24, 2.45) is 5.18 Å². The van der Waals surface area contributed by atoms with Gasteiger partial charge in [0.2, 0.25) is 0 Å². The standard InChI is InChI=1S/C22H21IN4O2S/c23-18-9-5-4-8-17(18)19-20(27-28)21(24-16-10-12-29-13-11-16)26-22(25-19)30-14-15-6-2-1-3-7-15/h1-9,16H,10-14H2,(H,24,25,26). The molecule has 2 heterocycles. The number of nitroso groups, excluding NO2 is 1. The normalized spacial score (nSPS) is 14.4. The van der Waals surface area contributed by atoms with Crippen LogP contribution >= 0.6 is 34.4 Å². The first-order valence-corrected chi connectivity index (χ1v) is 11.8. The van der Waals surface area contributed by atoms with Crippen LogP contribution < -0.4 is 5.32 Å². The van der Waals surface area contributed by atoms with Crippen LogP contribution in [0.5, 0.6) is 0 Å². The van der Waals surface area contributed by atoms with Crippen molar-refractivity contribution in [2.75, 3.05) is 18.5 Å². The van der Waals surface area contributed by atoms with E-state index in [1.54, 1.807) is 11.8 Å². The molecule has 1 aliphatic heterocycles. The Kier molecular flexibility index (Phi) is 7.29. The van der Waals surface area contributed by atoms with Gasteiger partial charge in [-0.3, -0.25) is 0 Å². The fraction of sp³-hybridized carbons (Fsp3) is 0.273. The maximum Gasteiger partial charge on any atom is 0.190 e. The Morgan fingerprint density at radius 1 is 1.07 bits per heavy atom. The number of rotatable bonds is 7. The number of nitrogens with zero attached hydrogens (tertiary/aromatic N) is 3. The Hall–Kier alpha value is -2.04. The Balaban J connectivity index is 1.72. The number of ether oxygens (including phenoxy) is 1. The van der Waals surface area contributed by atoms with Gasteiger partial charge < -0.3 is 10.1 Å². The molecular weight excluding hydrogens is 511 g/mol. The van der Waals surface area contributed by atoms with E-state index in [1.165, 1.54) is 5.56 Å². The van der Waals surface area contributed by atoms with Crippen LogP contribution in [0.4, 0.5) is 11.5 Å². The lowest BCUT2D eigenvalue weighted by Crippen LogP contribution is -2.28. The van der Waals surface area contributed by atoms with Gasteiger partial charge in [-0.25, -0.2) is 9.97 Å². The van der Waals surface area contributed by atoms with Gasteiger partial charge in [0.25, 0.3) is 0 Å². The largest absolute Gasteiger partial charge is 0.381 e. The maximum absolute atomic E-state index is 11.9. The van der Waals surface area contributed by atoms with E-state index in [-0.39, 0.29) is 11.7 Å². The topological polar surface area (TPSA) is 76.5 Å². The summed E-state index contributed by atoms with van der Waals surface area (Å²) in [5.41, 5.74) is 2.90. The van der Waals surface area contributed by atoms with Crippen molar-refractivity contribution in [1.29, 1.82) is 0 Å². The van der Waals surface area contributed by atoms with Gasteiger partial charge in [0.05, 0.1) is 0 Å². The molecule has 8 heteroatoms. The van der Waals surface area contributed by atoms with Crippen LogP contribution in [0.2, 0.25) is 0 Å². The molecule has 1 aromatic heterocycles. The van der Waals surface area contributed by atoms with Crippen molar-refractivity contribution in [3.05, 3.63) is 68.6 Å². The Bertz CT molecular complexity index is 1010. The van der Waals surface area contributed by atoms with Crippen LogP contribution in [0.1, 0.15) is 18.4 Å². The number of aromatic nitrogens is 2. The molecule has 0 bridgehead atoms. The predicted octanol–water partition coefficient (Wildman–Crippen LogP) is 6.03. The minimum Gasteiger partial charge on any atom is -0.381 e. The summed E-state index contributed by atoms with van der Waals surface area (Å²) in [6, 6.07) is 18.3. The summed E-state index contributed by atoms with van der Waals surface area (Å²) in [4.78, 5) is 21.3. The van der Waals surface area contributed by atoms with E-state index < -0.39 is 0 Å². The zero-order chi connectivity index (χ0) is 20.8. The molecule has 1 aliphatic rings. The van der Waals surface area contributed by atoms with Crippen LogP contribution in [0.3, 0.4) is 0 Å². The zero-order valence-corrected chi connectivity index (χ0v) is 19.2. The summed E-state index contributed by atoms with van der Waals surface area (Å²) < 4.78 is 6.46. The molecule has 1 saturated heterocycles. The quantitative estimate of drug-likeness (QED) is 0.173. The van der Waals surface area contributed by atoms with Crippen LogP contribution in [-0.2, 0) is 10.5 Å². The molecule has 4 rings (SSSR count). The summed E-state index contributed by atoms with van der Waals surface area (Å²) in [5, 5.41) is 7.38. The first-order chi connectivity index (χ1) is 14.7. The van der Waals surface area contributed by atoms with Crippen molar-refractivity contribution in [2.45, 2.75) is 29.8 Å². The molecule has 30 heavy (non-hydrogen) atoms. The molecule has 0 radical (unpaired) electrons. The highest BCUT2D eigenvalue weighted by atomic mass is 127. The second kappa shape index (κ2) is 10.3.